The molecule has 0 amide bonds. The van der Waals surface area contributed by atoms with Crippen molar-refractivity contribution in [2.45, 2.75) is 19.8 Å². The van der Waals surface area contributed by atoms with Crippen LogP contribution in [0.1, 0.15) is 25.3 Å². The van der Waals surface area contributed by atoms with Gasteiger partial charge in [0.2, 0.25) is 0 Å². The summed E-state index contributed by atoms with van der Waals surface area (Å²) in [6.45, 7) is 4.45. The highest BCUT2D eigenvalue weighted by atomic mass is 16.3. The molecule has 34 heavy (non-hydrogen) atoms. The Balaban J connectivity index is 1.33. The van der Waals surface area contributed by atoms with Gasteiger partial charge in [-0.2, -0.15) is 0 Å². The molecule has 6 aromatic rings. The molecule has 0 radical (unpaired) electrons. The number of furan rings is 1. The van der Waals surface area contributed by atoms with E-state index in [1.54, 1.807) is 0 Å². The fraction of sp³-hybridized carbons (Fsp3) is 0.0909. The first kappa shape index (κ1) is 20.5. The highest BCUT2D eigenvalue weighted by molar-refractivity contribution is 6.06. The third-order valence-corrected chi connectivity index (χ3v) is 6.71. The molecule has 0 aliphatic heterocycles. The van der Waals surface area contributed by atoms with Crippen molar-refractivity contribution < 1.29 is 4.42 Å². The summed E-state index contributed by atoms with van der Waals surface area (Å²) in [5.74, 6) is 0.550. The maximum absolute atomic E-state index is 6.30. The van der Waals surface area contributed by atoms with Gasteiger partial charge in [-0.15, -0.1) is 0 Å². The Labute approximate surface area is 200 Å². The number of rotatable bonds is 4. The summed E-state index contributed by atoms with van der Waals surface area (Å²) >= 11 is 0. The van der Waals surface area contributed by atoms with E-state index in [0.717, 1.165) is 27.5 Å². The molecule has 0 aliphatic carbocycles. The highest BCUT2D eigenvalue weighted by Crippen LogP contribution is 2.35. The average molecular weight is 439 g/mol. The Morgan fingerprint density at radius 3 is 1.35 bits per heavy atom. The third kappa shape index (κ3) is 3.70. The fourth-order valence-electron chi connectivity index (χ4n) is 4.68. The van der Waals surface area contributed by atoms with E-state index in [1.165, 1.54) is 33.4 Å². The molecular weight excluding hydrogens is 412 g/mol. The molecule has 0 atom stereocenters. The summed E-state index contributed by atoms with van der Waals surface area (Å²) < 4.78 is 6.30. The van der Waals surface area contributed by atoms with Gasteiger partial charge in [-0.1, -0.05) is 105 Å². The molecule has 0 N–H and O–H groups in total. The molecule has 1 heteroatoms. The fourth-order valence-corrected chi connectivity index (χ4v) is 4.68. The summed E-state index contributed by atoms with van der Waals surface area (Å²) in [5.41, 5.74) is 10.4. The van der Waals surface area contributed by atoms with Gasteiger partial charge in [0.05, 0.1) is 0 Å². The minimum atomic E-state index is 0.550. The monoisotopic (exact) mass is 438 g/mol. The maximum Gasteiger partial charge on any atom is 0.136 e. The minimum Gasteiger partial charge on any atom is -0.456 e. The van der Waals surface area contributed by atoms with E-state index in [0.29, 0.717) is 5.92 Å². The SMILES string of the molecule is CC(C)c1ccc(-c2ccc(-c3ccc4c(c3)oc3cc(-c5ccccc5)ccc34)cc2)cc1. The van der Waals surface area contributed by atoms with Crippen molar-refractivity contribution in [3.05, 3.63) is 121 Å². The van der Waals surface area contributed by atoms with Gasteiger partial charge in [0, 0.05) is 10.8 Å². The predicted molar refractivity (Wildman–Crippen MR) is 144 cm³/mol. The average Bonchev–Trinajstić information content (AvgIpc) is 3.26. The van der Waals surface area contributed by atoms with Crippen LogP contribution in [0.25, 0.3) is 55.3 Å². The molecule has 0 unspecified atom stereocenters. The molecule has 0 fully saturated rings. The molecule has 164 valence electrons. The third-order valence-electron chi connectivity index (χ3n) is 6.71. The summed E-state index contributed by atoms with van der Waals surface area (Å²) in [4.78, 5) is 0. The van der Waals surface area contributed by atoms with E-state index in [-0.39, 0.29) is 0 Å². The lowest BCUT2D eigenvalue weighted by molar-refractivity contribution is 0.669. The number of hydrogen-bond acceptors (Lipinski definition) is 1. The van der Waals surface area contributed by atoms with Crippen molar-refractivity contribution in [2.75, 3.05) is 0 Å². The summed E-state index contributed by atoms with van der Waals surface area (Å²) in [5, 5.41) is 2.31. The van der Waals surface area contributed by atoms with Gasteiger partial charge >= 0.3 is 0 Å². The van der Waals surface area contributed by atoms with Crippen molar-refractivity contribution in [1.82, 2.24) is 0 Å². The zero-order chi connectivity index (χ0) is 23.1. The van der Waals surface area contributed by atoms with E-state index < -0.39 is 0 Å². The molecule has 0 saturated heterocycles. The Bertz CT molecular complexity index is 1590. The Kier molecular flexibility index (Phi) is 5.04. The van der Waals surface area contributed by atoms with Crippen LogP contribution < -0.4 is 0 Å². The lowest BCUT2D eigenvalue weighted by Crippen LogP contribution is -1.86. The molecule has 5 aromatic carbocycles. The van der Waals surface area contributed by atoms with Crippen molar-refractivity contribution in [2.24, 2.45) is 0 Å². The van der Waals surface area contributed by atoms with E-state index in [9.17, 15) is 0 Å². The van der Waals surface area contributed by atoms with Crippen LogP contribution in [0.2, 0.25) is 0 Å². The van der Waals surface area contributed by atoms with Crippen molar-refractivity contribution in [3.8, 4) is 33.4 Å². The molecule has 0 aliphatic rings. The van der Waals surface area contributed by atoms with Crippen LogP contribution >= 0.6 is 0 Å². The molecule has 0 spiro atoms. The van der Waals surface area contributed by atoms with Gasteiger partial charge in [-0.05, 0) is 69.1 Å². The standard InChI is InChI=1S/C33H26O/c1-22(2)23-8-10-25(11-9-23)26-12-14-27(15-13-26)29-17-19-31-30-18-16-28(24-6-4-3-5-7-24)20-32(30)34-33(31)21-29/h3-22H,1-2H3. The van der Waals surface area contributed by atoms with Crippen molar-refractivity contribution >= 4 is 21.9 Å². The number of fused-ring (bicyclic) bond motifs is 3. The molecule has 6 rings (SSSR count). The lowest BCUT2D eigenvalue weighted by atomic mass is 9.97. The maximum atomic E-state index is 6.30. The second-order valence-corrected chi connectivity index (χ2v) is 9.24. The summed E-state index contributed by atoms with van der Waals surface area (Å²) in [6.07, 6.45) is 0. The zero-order valence-corrected chi connectivity index (χ0v) is 19.5. The number of hydrogen-bond donors (Lipinski definition) is 0. The van der Waals surface area contributed by atoms with Gasteiger partial charge in [0.25, 0.3) is 0 Å². The largest absolute Gasteiger partial charge is 0.456 e. The Morgan fingerprint density at radius 1 is 0.441 bits per heavy atom. The molecule has 0 saturated carbocycles. The first-order chi connectivity index (χ1) is 16.7. The van der Waals surface area contributed by atoms with Crippen molar-refractivity contribution in [1.29, 1.82) is 0 Å². The molecule has 0 bridgehead atoms. The quantitative estimate of drug-likeness (QED) is 0.267. The van der Waals surface area contributed by atoms with Gasteiger partial charge in [0.1, 0.15) is 11.2 Å². The summed E-state index contributed by atoms with van der Waals surface area (Å²) in [6, 6.07) is 41.1. The number of benzene rings is 5. The predicted octanol–water partition coefficient (Wildman–Crippen LogP) is 9.71. The minimum absolute atomic E-state index is 0.550. The first-order valence-electron chi connectivity index (χ1n) is 11.9. The van der Waals surface area contributed by atoms with E-state index >= 15 is 0 Å². The second kappa shape index (κ2) is 8.35. The van der Waals surface area contributed by atoms with E-state index in [1.807, 2.05) is 6.07 Å². The van der Waals surface area contributed by atoms with E-state index in [4.69, 9.17) is 4.42 Å². The Hall–Kier alpha value is -4.10. The van der Waals surface area contributed by atoms with Gasteiger partial charge in [-0.25, -0.2) is 0 Å². The van der Waals surface area contributed by atoms with Gasteiger partial charge in [-0.3, -0.25) is 0 Å². The first-order valence-corrected chi connectivity index (χ1v) is 11.9. The molecule has 1 aromatic heterocycles. The van der Waals surface area contributed by atoms with Crippen molar-refractivity contribution in [3.63, 3.8) is 0 Å². The molecular formula is C33H26O. The Morgan fingerprint density at radius 2 is 0.853 bits per heavy atom. The van der Waals surface area contributed by atoms with Crippen LogP contribution in [0.15, 0.2) is 120 Å². The lowest BCUT2D eigenvalue weighted by Gasteiger charge is -2.08. The van der Waals surface area contributed by atoms with Gasteiger partial charge in [0.15, 0.2) is 0 Å². The second-order valence-electron chi connectivity index (χ2n) is 9.24. The van der Waals surface area contributed by atoms with Crippen LogP contribution in [0.5, 0.6) is 0 Å². The topological polar surface area (TPSA) is 13.1 Å². The summed E-state index contributed by atoms with van der Waals surface area (Å²) in [7, 11) is 0. The van der Waals surface area contributed by atoms with Gasteiger partial charge < -0.3 is 4.42 Å². The normalized spacial score (nSPS) is 11.5. The van der Waals surface area contributed by atoms with Crippen LogP contribution in [-0.2, 0) is 0 Å². The van der Waals surface area contributed by atoms with Crippen LogP contribution in [0.3, 0.4) is 0 Å². The zero-order valence-electron chi connectivity index (χ0n) is 19.5. The smallest absolute Gasteiger partial charge is 0.136 e. The van der Waals surface area contributed by atoms with Crippen LogP contribution in [0, 0.1) is 0 Å². The molecule has 1 nitrogen and oxygen atoms in total. The van der Waals surface area contributed by atoms with Crippen LogP contribution in [-0.4, -0.2) is 0 Å². The highest BCUT2D eigenvalue weighted by Gasteiger charge is 2.10. The molecule has 1 heterocycles. The van der Waals surface area contributed by atoms with E-state index in [2.05, 4.69) is 123 Å². The van der Waals surface area contributed by atoms with Crippen LogP contribution in [0.4, 0.5) is 0 Å².